The highest BCUT2D eigenvalue weighted by Crippen LogP contribution is 2.22. The monoisotopic (exact) mass is 463 g/mol. The largest absolute Gasteiger partial charge is 0.494 e. The quantitative estimate of drug-likeness (QED) is 0.526. The molecular formula is C21H22FN3O6S. The minimum Gasteiger partial charge on any atom is -0.494 e. The Bertz CT molecular complexity index is 1160. The molecule has 0 spiro atoms. The first kappa shape index (κ1) is 22.3. The van der Waals surface area contributed by atoms with E-state index >= 15 is 0 Å². The van der Waals surface area contributed by atoms with Crippen LogP contribution < -0.4 is 15.6 Å². The van der Waals surface area contributed by atoms with E-state index in [9.17, 15) is 14.0 Å². The lowest BCUT2D eigenvalue weighted by atomic mass is 10.2. The summed E-state index contributed by atoms with van der Waals surface area (Å²) < 4.78 is 35.0. The standard InChI is InChI=1S/C21H22FN3O6S/c1-28-16-6-12(2-3-15(16)22)7-23-20(27)18-24-19(26)17-13(11-32-21(17)25-18)8-30-10-14-9-29-4-5-31-14/h2-3,6,11,14H,4-5,7-10H2,1H3,(H,23,27)(H,24,25,26). The number of halogens is 1. The van der Waals surface area contributed by atoms with Gasteiger partial charge in [-0.05, 0) is 23.1 Å². The molecule has 170 valence electrons. The molecule has 0 aliphatic carbocycles. The number of fused-ring (bicyclic) bond motifs is 1. The van der Waals surface area contributed by atoms with Crippen LogP contribution in [0.1, 0.15) is 21.7 Å². The van der Waals surface area contributed by atoms with E-state index < -0.39 is 17.3 Å². The second-order valence-corrected chi connectivity index (χ2v) is 7.95. The highest BCUT2D eigenvalue weighted by molar-refractivity contribution is 7.16. The van der Waals surface area contributed by atoms with E-state index in [-0.39, 0.29) is 30.8 Å². The molecular weight excluding hydrogens is 441 g/mol. The summed E-state index contributed by atoms with van der Waals surface area (Å²) in [6.07, 6.45) is -0.124. The van der Waals surface area contributed by atoms with Crippen LogP contribution in [0.2, 0.25) is 0 Å². The Morgan fingerprint density at radius 3 is 3.06 bits per heavy atom. The fraction of sp³-hybridized carbons (Fsp3) is 0.381. The lowest BCUT2D eigenvalue weighted by Gasteiger charge is -2.22. The molecule has 1 aliphatic rings. The van der Waals surface area contributed by atoms with Gasteiger partial charge in [0.05, 0.1) is 45.5 Å². The number of aromatic amines is 1. The molecule has 1 amide bonds. The number of methoxy groups -OCH3 is 1. The molecule has 0 radical (unpaired) electrons. The fourth-order valence-corrected chi connectivity index (χ4v) is 4.16. The van der Waals surface area contributed by atoms with Crippen LogP contribution in [-0.4, -0.2) is 55.5 Å². The predicted molar refractivity (Wildman–Crippen MR) is 115 cm³/mol. The van der Waals surface area contributed by atoms with Crippen molar-refractivity contribution in [2.24, 2.45) is 0 Å². The summed E-state index contributed by atoms with van der Waals surface area (Å²) in [4.78, 5) is 32.4. The second kappa shape index (κ2) is 10.2. The first-order valence-corrected chi connectivity index (χ1v) is 10.8. The fourth-order valence-electron chi connectivity index (χ4n) is 3.23. The van der Waals surface area contributed by atoms with Crippen molar-refractivity contribution in [1.29, 1.82) is 0 Å². The van der Waals surface area contributed by atoms with E-state index in [1.807, 2.05) is 0 Å². The molecule has 32 heavy (non-hydrogen) atoms. The molecule has 1 aromatic carbocycles. The average molecular weight is 463 g/mol. The van der Waals surface area contributed by atoms with E-state index in [2.05, 4.69) is 15.3 Å². The zero-order valence-corrected chi connectivity index (χ0v) is 18.1. The molecule has 1 fully saturated rings. The van der Waals surface area contributed by atoms with Crippen molar-refractivity contribution in [3.63, 3.8) is 0 Å². The Balaban J connectivity index is 1.40. The van der Waals surface area contributed by atoms with Crippen molar-refractivity contribution in [2.45, 2.75) is 19.3 Å². The van der Waals surface area contributed by atoms with Crippen molar-refractivity contribution < 1.29 is 28.1 Å². The molecule has 3 aromatic rings. The van der Waals surface area contributed by atoms with Crippen molar-refractivity contribution in [2.75, 3.05) is 33.5 Å². The van der Waals surface area contributed by atoms with Crippen LogP contribution in [0.25, 0.3) is 10.2 Å². The smallest absolute Gasteiger partial charge is 0.287 e. The molecule has 1 aliphatic heterocycles. The maximum atomic E-state index is 13.5. The van der Waals surface area contributed by atoms with Crippen LogP contribution in [0.15, 0.2) is 28.4 Å². The summed E-state index contributed by atoms with van der Waals surface area (Å²) in [6.45, 7) is 2.31. The number of carbonyl (C=O) groups is 1. The molecule has 9 nitrogen and oxygen atoms in total. The van der Waals surface area contributed by atoms with Crippen molar-refractivity contribution in [3.8, 4) is 5.75 Å². The maximum Gasteiger partial charge on any atom is 0.287 e. The number of amides is 1. The first-order valence-electron chi connectivity index (χ1n) is 9.93. The van der Waals surface area contributed by atoms with Gasteiger partial charge in [-0.15, -0.1) is 11.3 Å². The number of aromatic nitrogens is 2. The number of rotatable bonds is 8. The molecule has 1 unspecified atom stereocenters. The van der Waals surface area contributed by atoms with Gasteiger partial charge >= 0.3 is 0 Å². The van der Waals surface area contributed by atoms with Gasteiger partial charge in [-0.25, -0.2) is 9.37 Å². The molecule has 4 rings (SSSR count). The van der Waals surface area contributed by atoms with E-state index in [1.165, 1.54) is 36.6 Å². The number of thiophene rings is 1. The number of H-pyrrole nitrogens is 1. The summed E-state index contributed by atoms with van der Waals surface area (Å²) >= 11 is 1.26. The van der Waals surface area contributed by atoms with Gasteiger partial charge in [-0.3, -0.25) is 9.59 Å². The molecule has 0 saturated carbocycles. The van der Waals surface area contributed by atoms with E-state index in [0.29, 0.717) is 47.8 Å². The van der Waals surface area contributed by atoms with Gasteiger partial charge in [0.15, 0.2) is 11.6 Å². The van der Waals surface area contributed by atoms with E-state index in [1.54, 1.807) is 5.38 Å². The van der Waals surface area contributed by atoms with Crippen LogP contribution in [0.5, 0.6) is 5.75 Å². The zero-order valence-electron chi connectivity index (χ0n) is 17.3. The summed E-state index contributed by atoms with van der Waals surface area (Å²) in [5.74, 6) is -1.05. The summed E-state index contributed by atoms with van der Waals surface area (Å²) in [7, 11) is 1.36. The van der Waals surface area contributed by atoms with Gasteiger partial charge < -0.3 is 29.2 Å². The summed E-state index contributed by atoms with van der Waals surface area (Å²) in [5.41, 5.74) is 0.921. The van der Waals surface area contributed by atoms with E-state index in [0.717, 1.165) is 0 Å². The van der Waals surface area contributed by atoms with Crippen LogP contribution in [0, 0.1) is 5.82 Å². The highest BCUT2D eigenvalue weighted by Gasteiger charge is 2.18. The number of hydrogen-bond acceptors (Lipinski definition) is 8. The lowest BCUT2D eigenvalue weighted by molar-refractivity contribution is -0.117. The number of hydrogen-bond donors (Lipinski definition) is 2. The Hall–Kier alpha value is -2.86. The van der Waals surface area contributed by atoms with Crippen LogP contribution in [0.3, 0.4) is 0 Å². The minimum atomic E-state index is -0.548. The van der Waals surface area contributed by atoms with Crippen molar-refractivity contribution in [1.82, 2.24) is 15.3 Å². The number of carbonyl (C=O) groups excluding carboxylic acids is 1. The van der Waals surface area contributed by atoms with Gasteiger partial charge in [0.25, 0.3) is 11.5 Å². The van der Waals surface area contributed by atoms with Gasteiger partial charge in [0.2, 0.25) is 5.82 Å². The van der Waals surface area contributed by atoms with Gasteiger partial charge in [0, 0.05) is 12.1 Å². The molecule has 3 heterocycles. The molecule has 1 atom stereocenters. The Morgan fingerprint density at radius 2 is 2.28 bits per heavy atom. The molecule has 2 aromatic heterocycles. The van der Waals surface area contributed by atoms with Crippen LogP contribution in [-0.2, 0) is 27.4 Å². The minimum absolute atomic E-state index is 0.0839. The van der Waals surface area contributed by atoms with Gasteiger partial charge in [0.1, 0.15) is 10.9 Å². The summed E-state index contributed by atoms with van der Waals surface area (Å²) in [5, 5.41) is 4.85. The molecule has 1 saturated heterocycles. The highest BCUT2D eigenvalue weighted by atomic mass is 32.1. The normalized spacial score (nSPS) is 16.2. The average Bonchev–Trinajstić information content (AvgIpc) is 3.22. The number of nitrogens with one attached hydrogen (secondary N) is 2. The lowest BCUT2D eigenvalue weighted by Crippen LogP contribution is -2.32. The first-order chi connectivity index (χ1) is 15.5. The van der Waals surface area contributed by atoms with Crippen molar-refractivity contribution in [3.05, 3.63) is 56.7 Å². The zero-order chi connectivity index (χ0) is 22.5. The number of ether oxygens (including phenoxy) is 4. The topological polar surface area (TPSA) is 112 Å². The molecule has 2 N–H and O–H groups in total. The Labute approximate surface area is 186 Å². The van der Waals surface area contributed by atoms with Gasteiger partial charge in [-0.2, -0.15) is 0 Å². The predicted octanol–water partition coefficient (Wildman–Crippen LogP) is 1.99. The van der Waals surface area contributed by atoms with Crippen LogP contribution in [0.4, 0.5) is 4.39 Å². The Morgan fingerprint density at radius 1 is 1.41 bits per heavy atom. The van der Waals surface area contributed by atoms with Crippen molar-refractivity contribution >= 4 is 27.5 Å². The maximum absolute atomic E-state index is 13.5. The third-order valence-corrected chi connectivity index (χ3v) is 5.77. The van der Waals surface area contributed by atoms with Crippen LogP contribution >= 0.6 is 11.3 Å². The molecule has 0 bridgehead atoms. The third kappa shape index (κ3) is 5.13. The third-order valence-electron chi connectivity index (χ3n) is 4.85. The van der Waals surface area contributed by atoms with E-state index in [4.69, 9.17) is 18.9 Å². The number of nitrogens with zero attached hydrogens (tertiary/aromatic N) is 1. The number of benzene rings is 1. The summed E-state index contributed by atoms with van der Waals surface area (Å²) in [6, 6.07) is 4.29. The second-order valence-electron chi connectivity index (χ2n) is 7.09. The van der Waals surface area contributed by atoms with Gasteiger partial charge in [-0.1, -0.05) is 6.07 Å². The Kier molecular flexibility index (Phi) is 7.10. The SMILES string of the molecule is COc1cc(CNC(=O)c2nc3scc(COCC4COCCO4)c3c(=O)[nH]2)ccc1F. The molecule has 11 heteroatoms.